The number of hydrogen-bond acceptors (Lipinski definition) is 2. The molecule has 19 heavy (non-hydrogen) atoms. The summed E-state index contributed by atoms with van der Waals surface area (Å²) in [4.78, 5) is 12.3. The lowest BCUT2D eigenvalue weighted by Gasteiger charge is -2.27. The molecule has 0 aromatic heterocycles. The number of rotatable bonds is 1. The molecule has 2 nitrogen and oxygen atoms in total. The number of ketones is 1. The van der Waals surface area contributed by atoms with Crippen molar-refractivity contribution >= 4 is 17.4 Å². The zero-order valence-corrected chi connectivity index (χ0v) is 11.3. The molecule has 0 saturated carbocycles. The Morgan fingerprint density at radius 3 is 2.74 bits per heavy atom. The van der Waals surface area contributed by atoms with E-state index in [2.05, 4.69) is 0 Å². The summed E-state index contributed by atoms with van der Waals surface area (Å²) in [5.74, 6) is 0.769. The van der Waals surface area contributed by atoms with Gasteiger partial charge >= 0.3 is 0 Å². The molecular weight excluding hydrogens is 260 g/mol. The van der Waals surface area contributed by atoms with E-state index in [1.54, 1.807) is 0 Å². The molecule has 2 aromatic rings. The Labute approximate surface area is 117 Å². The highest BCUT2D eigenvalue weighted by Crippen LogP contribution is 2.38. The third kappa shape index (κ3) is 2.13. The smallest absolute Gasteiger partial charge is 0.170 e. The van der Waals surface area contributed by atoms with Gasteiger partial charge in [-0.2, -0.15) is 0 Å². The van der Waals surface area contributed by atoms with Crippen molar-refractivity contribution in [3.05, 3.63) is 64.2 Å². The number of Topliss-reactive ketones (excluding diaryl/α,β-unsaturated/α-hetero) is 1. The first kappa shape index (κ1) is 12.2. The van der Waals surface area contributed by atoms with Gasteiger partial charge in [0, 0.05) is 10.6 Å². The van der Waals surface area contributed by atoms with Crippen molar-refractivity contribution in [1.29, 1.82) is 0 Å². The monoisotopic (exact) mass is 272 g/mol. The van der Waals surface area contributed by atoms with Crippen LogP contribution in [-0.4, -0.2) is 5.78 Å². The molecule has 2 aromatic carbocycles. The normalized spacial score (nSPS) is 17.8. The molecule has 3 rings (SSSR count). The molecule has 1 heterocycles. The van der Waals surface area contributed by atoms with Crippen LogP contribution in [0.25, 0.3) is 0 Å². The lowest BCUT2D eigenvalue weighted by Crippen LogP contribution is -2.21. The number of benzene rings is 2. The average Bonchev–Trinajstić information content (AvgIpc) is 2.39. The van der Waals surface area contributed by atoms with Crippen LogP contribution in [0.15, 0.2) is 42.5 Å². The van der Waals surface area contributed by atoms with Crippen LogP contribution in [0.4, 0.5) is 0 Å². The van der Waals surface area contributed by atoms with Crippen LogP contribution in [-0.2, 0) is 0 Å². The third-order valence-electron chi connectivity index (χ3n) is 3.41. The lowest BCUT2D eigenvalue weighted by atomic mass is 9.93. The molecule has 96 valence electrons. The Balaban J connectivity index is 2.03. The molecule has 0 bridgehead atoms. The van der Waals surface area contributed by atoms with E-state index in [0.29, 0.717) is 22.8 Å². The summed E-state index contributed by atoms with van der Waals surface area (Å²) in [7, 11) is 0. The van der Waals surface area contributed by atoms with E-state index in [9.17, 15) is 4.79 Å². The second-order valence-corrected chi connectivity index (χ2v) is 5.11. The van der Waals surface area contributed by atoms with Crippen molar-refractivity contribution in [2.24, 2.45) is 0 Å². The number of fused-ring (bicyclic) bond motifs is 1. The van der Waals surface area contributed by atoms with Gasteiger partial charge in [0.05, 0.1) is 12.0 Å². The predicted molar refractivity (Wildman–Crippen MR) is 74.9 cm³/mol. The van der Waals surface area contributed by atoms with Gasteiger partial charge < -0.3 is 4.74 Å². The molecular formula is C16H13ClO2. The summed E-state index contributed by atoms with van der Waals surface area (Å²) in [6.45, 7) is 1.93. The van der Waals surface area contributed by atoms with Crippen molar-refractivity contribution in [3.63, 3.8) is 0 Å². The molecule has 0 amide bonds. The molecule has 0 fully saturated rings. The van der Waals surface area contributed by atoms with E-state index < -0.39 is 0 Å². The van der Waals surface area contributed by atoms with Crippen molar-refractivity contribution in [2.75, 3.05) is 0 Å². The summed E-state index contributed by atoms with van der Waals surface area (Å²) >= 11 is 6.17. The van der Waals surface area contributed by atoms with Gasteiger partial charge in [-0.05, 0) is 24.6 Å². The van der Waals surface area contributed by atoms with Crippen LogP contribution in [0.2, 0.25) is 5.02 Å². The second-order valence-electron chi connectivity index (χ2n) is 4.70. The molecule has 0 radical (unpaired) electrons. The zero-order valence-electron chi connectivity index (χ0n) is 10.5. The maximum Gasteiger partial charge on any atom is 0.170 e. The molecule has 0 spiro atoms. The Kier molecular flexibility index (Phi) is 3.03. The van der Waals surface area contributed by atoms with Crippen LogP contribution in [0, 0.1) is 6.92 Å². The Morgan fingerprint density at radius 2 is 1.95 bits per heavy atom. The summed E-state index contributed by atoms with van der Waals surface area (Å²) < 4.78 is 5.94. The molecule has 0 unspecified atom stereocenters. The lowest BCUT2D eigenvalue weighted by molar-refractivity contribution is 0.0849. The quantitative estimate of drug-likeness (QED) is 0.771. The molecule has 1 aliphatic heterocycles. The van der Waals surface area contributed by atoms with Gasteiger partial charge in [-0.3, -0.25) is 4.79 Å². The van der Waals surface area contributed by atoms with Gasteiger partial charge in [0.25, 0.3) is 0 Å². The van der Waals surface area contributed by atoms with Gasteiger partial charge in [-0.1, -0.05) is 41.9 Å². The number of carbonyl (C=O) groups excluding carboxylic acids is 1. The third-order valence-corrected chi connectivity index (χ3v) is 3.75. The fourth-order valence-corrected chi connectivity index (χ4v) is 2.73. The van der Waals surface area contributed by atoms with Gasteiger partial charge in [-0.25, -0.2) is 0 Å². The van der Waals surface area contributed by atoms with E-state index in [0.717, 1.165) is 11.1 Å². The molecule has 0 aliphatic carbocycles. The minimum Gasteiger partial charge on any atom is -0.484 e. The highest BCUT2D eigenvalue weighted by molar-refractivity contribution is 6.31. The van der Waals surface area contributed by atoms with E-state index in [1.165, 1.54) is 0 Å². The SMILES string of the molecule is Cc1cccc2c1C(=O)C[C@@H](c1ccccc1Cl)O2. The summed E-state index contributed by atoms with van der Waals surface area (Å²) in [5.41, 5.74) is 2.52. The van der Waals surface area contributed by atoms with Crippen LogP contribution < -0.4 is 4.74 Å². The molecule has 1 atom stereocenters. The average molecular weight is 273 g/mol. The van der Waals surface area contributed by atoms with Crippen molar-refractivity contribution < 1.29 is 9.53 Å². The van der Waals surface area contributed by atoms with Crippen molar-refractivity contribution in [1.82, 2.24) is 0 Å². The minimum absolute atomic E-state index is 0.115. The maximum absolute atomic E-state index is 12.3. The van der Waals surface area contributed by atoms with Crippen molar-refractivity contribution in [2.45, 2.75) is 19.4 Å². The first-order chi connectivity index (χ1) is 9.16. The fourth-order valence-electron chi connectivity index (χ4n) is 2.47. The number of hydrogen-bond donors (Lipinski definition) is 0. The summed E-state index contributed by atoms with van der Waals surface area (Å²) in [6.07, 6.45) is 0.0391. The van der Waals surface area contributed by atoms with Crippen LogP contribution in [0.3, 0.4) is 0 Å². The van der Waals surface area contributed by atoms with Crippen LogP contribution in [0.5, 0.6) is 5.75 Å². The molecule has 0 saturated heterocycles. The van der Waals surface area contributed by atoms with Gasteiger partial charge in [0.15, 0.2) is 5.78 Å². The highest BCUT2D eigenvalue weighted by atomic mass is 35.5. The first-order valence-corrected chi connectivity index (χ1v) is 6.58. The van der Waals surface area contributed by atoms with Gasteiger partial charge in [0.2, 0.25) is 0 Å². The largest absolute Gasteiger partial charge is 0.484 e. The Hall–Kier alpha value is -1.80. The van der Waals surface area contributed by atoms with Crippen LogP contribution in [0.1, 0.15) is 34.0 Å². The predicted octanol–water partition coefficient (Wildman–Crippen LogP) is 4.35. The standard InChI is InChI=1S/C16H13ClO2/c1-10-5-4-8-14-16(10)13(18)9-15(19-14)11-6-2-3-7-12(11)17/h2-8,15H,9H2,1H3/t15-/m0/s1. The number of ether oxygens (including phenoxy) is 1. The van der Waals surface area contributed by atoms with Gasteiger partial charge in [-0.15, -0.1) is 0 Å². The zero-order chi connectivity index (χ0) is 13.4. The fraction of sp³-hybridized carbons (Fsp3) is 0.188. The summed E-state index contributed by atoms with van der Waals surface area (Å²) in [5, 5.41) is 0.636. The highest BCUT2D eigenvalue weighted by Gasteiger charge is 2.29. The number of halogens is 1. The van der Waals surface area contributed by atoms with Gasteiger partial charge in [0.1, 0.15) is 11.9 Å². The topological polar surface area (TPSA) is 26.3 Å². The summed E-state index contributed by atoms with van der Waals surface area (Å²) in [6, 6.07) is 13.2. The molecule has 3 heteroatoms. The van der Waals surface area contributed by atoms with Crippen molar-refractivity contribution in [3.8, 4) is 5.75 Å². The number of carbonyl (C=O) groups is 1. The van der Waals surface area contributed by atoms with E-state index in [-0.39, 0.29) is 11.9 Å². The second kappa shape index (κ2) is 4.71. The Morgan fingerprint density at radius 1 is 1.16 bits per heavy atom. The van der Waals surface area contributed by atoms with Crippen LogP contribution >= 0.6 is 11.6 Å². The molecule has 0 N–H and O–H groups in total. The van der Waals surface area contributed by atoms with E-state index >= 15 is 0 Å². The van der Waals surface area contributed by atoms with E-state index in [1.807, 2.05) is 49.4 Å². The number of aryl methyl sites for hydroxylation is 1. The molecule has 1 aliphatic rings. The first-order valence-electron chi connectivity index (χ1n) is 6.20. The maximum atomic E-state index is 12.3. The minimum atomic E-state index is -0.296. The Bertz CT molecular complexity index is 649. The van der Waals surface area contributed by atoms with E-state index in [4.69, 9.17) is 16.3 Å².